The smallest absolute Gasteiger partial charge is 0.351 e. The number of nitrogens with zero attached hydrogens (tertiary/aromatic N) is 4. The highest BCUT2D eigenvalue weighted by Gasteiger charge is 2.48. The minimum absolute atomic E-state index is 0.0572. The lowest BCUT2D eigenvalue weighted by molar-refractivity contribution is -0.0776. The SMILES string of the molecule is [2H]C[C@H]1O[C@@H](n2cc(C)c(NC(=O)c3ccccc3)nc2=O)[C@H](OCCOC)[C@@H]1OP(OCCC#N)N(C(C)C)C(C)C.[3H]OC. The fraction of sp³-hybridized carbons (Fsp3) is 0.600. The highest BCUT2D eigenvalue weighted by Crippen LogP contribution is 2.50. The van der Waals surface area contributed by atoms with E-state index in [-0.39, 0.29) is 51.0 Å². The average Bonchev–Trinajstić information content (AvgIpc) is 3.36. The van der Waals surface area contributed by atoms with Gasteiger partial charge in [0.1, 0.15) is 18.0 Å². The molecule has 44 heavy (non-hydrogen) atoms. The summed E-state index contributed by atoms with van der Waals surface area (Å²) in [7, 11) is 1.16. The standard InChI is InChI=1S/C29H42N5O7P.CH4O/c1-19(2)34(20(3)4)42(39-15-11-14-30)41-24-22(6)40-28(25(24)38-17-16-37-7)33-18-21(5)26(32-29(33)36)31-27(35)23-12-9-8-10-13-23;1-2/h8-10,12-13,18-20,22,24-25,28H,11,15-17H2,1-7H3,(H,31,32,35,36);2H,1H3/t22-,24-,25-,28-,42?;/m1./s1/i6D;2T. The summed E-state index contributed by atoms with van der Waals surface area (Å²) in [4.78, 5) is 30.2. The summed E-state index contributed by atoms with van der Waals surface area (Å²) in [6.07, 6.45) is -1.58. The highest BCUT2D eigenvalue weighted by molar-refractivity contribution is 7.44. The molecule has 5 atom stereocenters. The van der Waals surface area contributed by atoms with Crippen LogP contribution in [0.1, 0.15) is 64.5 Å². The number of rotatable bonds is 15. The van der Waals surface area contributed by atoms with E-state index in [4.69, 9.17) is 31.3 Å². The zero-order valence-corrected chi connectivity index (χ0v) is 27.4. The molecule has 2 heterocycles. The summed E-state index contributed by atoms with van der Waals surface area (Å²) >= 11 is 0. The molecule has 0 spiro atoms. The summed E-state index contributed by atoms with van der Waals surface area (Å²) in [6.45, 7) is 10.3. The van der Waals surface area contributed by atoms with Crippen molar-refractivity contribution in [1.82, 2.24) is 14.2 Å². The molecule has 0 aliphatic carbocycles. The zero-order valence-electron chi connectivity index (χ0n) is 28.5. The van der Waals surface area contributed by atoms with Gasteiger partial charge in [0.05, 0.1) is 38.4 Å². The normalized spacial score (nSPS) is 20.9. The first-order valence-electron chi connectivity index (χ1n) is 15.4. The van der Waals surface area contributed by atoms with Crippen LogP contribution in [-0.2, 0) is 23.3 Å². The van der Waals surface area contributed by atoms with Crippen molar-refractivity contribution >= 4 is 20.3 Å². The summed E-state index contributed by atoms with van der Waals surface area (Å²) in [5.41, 5.74) is 0.298. The number of amides is 1. The van der Waals surface area contributed by atoms with E-state index < -0.39 is 44.7 Å². The molecule has 2 aromatic rings. The Labute approximate surface area is 263 Å². The number of hydrogen-bond acceptors (Lipinski definition) is 11. The Hall–Kier alpha value is -2.79. The second-order valence-electron chi connectivity index (χ2n) is 10.3. The maximum absolute atomic E-state index is 13.4. The van der Waals surface area contributed by atoms with Gasteiger partial charge in [-0.3, -0.25) is 9.36 Å². The van der Waals surface area contributed by atoms with Crippen molar-refractivity contribution in [2.75, 3.05) is 39.4 Å². The Morgan fingerprint density at radius 2 is 1.95 bits per heavy atom. The third kappa shape index (κ3) is 10.1. The van der Waals surface area contributed by atoms with Crippen LogP contribution < -0.4 is 11.0 Å². The van der Waals surface area contributed by atoms with Crippen LogP contribution in [0.2, 0.25) is 0 Å². The number of nitrogens with one attached hydrogen (secondary N) is 1. The number of carbonyl (C=O) groups is 1. The van der Waals surface area contributed by atoms with Gasteiger partial charge < -0.3 is 33.7 Å². The molecule has 0 radical (unpaired) electrons. The van der Waals surface area contributed by atoms with Crippen molar-refractivity contribution in [1.29, 1.82) is 6.69 Å². The monoisotopic (exact) mass is 638 g/mol. The van der Waals surface area contributed by atoms with Crippen molar-refractivity contribution in [3.05, 3.63) is 58.1 Å². The Kier molecular flexibility index (Phi) is 14.6. The lowest BCUT2D eigenvalue weighted by atomic mass is 10.1. The van der Waals surface area contributed by atoms with Gasteiger partial charge >= 0.3 is 5.69 Å². The van der Waals surface area contributed by atoms with Gasteiger partial charge in [-0.05, 0) is 53.7 Å². The molecule has 13 nitrogen and oxygen atoms in total. The number of aromatic nitrogens is 2. The second-order valence-corrected chi connectivity index (χ2v) is 11.7. The molecular formula is C30H46N5O8P. The van der Waals surface area contributed by atoms with Gasteiger partial charge in [-0.2, -0.15) is 10.2 Å². The molecule has 1 fully saturated rings. The number of nitriles is 1. The summed E-state index contributed by atoms with van der Waals surface area (Å²) in [5.74, 6) is -0.257. The molecule has 3 rings (SSSR count). The molecule has 1 unspecified atom stereocenters. The van der Waals surface area contributed by atoms with Crippen LogP contribution in [0.4, 0.5) is 5.82 Å². The predicted octanol–water partition coefficient (Wildman–Crippen LogP) is 4.02. The zero-order chi connectivity index (χ0) is 34.2. The van der Waals surface area contributed by atoms with Gasteiger partial charge in [0, 0.05) is 45.0 Å². The first kappa shape index (κ1) is 34.1. The van der Waals surface area contributed by atoms with Crippen LogP contribution >= 0.6 is 8.53 Å². The largest absolute Gasteiger partial charge is 0.400 e. The van der Waals surface area contributed by atoms with E-state index in [1.165, 1.54) is 11.7 Å². The number of anilines is 1. The van der Waals surface area contributed by atoms with Crippen LogP contribution in [0.3, 0.4) is 0 Å². The van der Waals surface area contributed by atoms with E-state index in [1.807, 2.05) is 27.7 Å². The summed E-state index contributed by atoms with van der Waals surface area (Å²) < 4.78 is 47.6. The van der Waals surface area contributed by atoms with Crippen molar-refractivity contribution < 1.29 is 34.5 Å². The number of hydrogen-bond donors (Lipinski definition) is 2. The first-order chi connectivity index (χ1) is 22.0. The average molecular weight is 639 g/mol. The number of aliphatic hydroxyl groups is 1. The molecule has 1 aliphatic rings. The van der Waals surface area contributed by atoms with Gasteiger partial charge in [0.15, 0.2) is 6.23 Å². The van der Waals surface area contributed by atoms with E-state index in [0.29, 0.717) is 11.1 Å². The van der Waals surface area contributed by atoms with Crippen LogP contribution in [0.15, 0.2) is 41.3 Å². The lowest BCUT2D eigenvalue weighted by Gasteiger charge is -2.38. The number of ether oxygens (including phenoxy) is 3. The van der Waals surface area contributed by atoms with Crippen molar-refractivity contribution in [3.8, 4) is 6.07 Å². The molecule has 0 saturated carbocycles. The second kappa shape index (κ2) is 18.9. The molecule has 1 amide bonds. The maximum atomic E-state index is 13.4. The lowest BCUT2D eigenvalue weighted by Crippen LogP contribution is -2.41. The van der Waals surface area contributed by atoms with Gasteiger partial charge in [0.2, 0.25) is 1.43 Å². The molecule has 1 saturated heterocycles. The van der Waals surface area contributed by atoms with E-state index in [1.54, 1.807) is 50.6 Å². The van der Waals surface area contributed by atoms with Gasteiger partial charge in [-0.1, -0.05) is 18.2 Å². The molecule has 1 aliphatic heterocycles. The topological polar surface area (TPSA) is 157 Å². The van der Waals surface area contributed by atoms with Gasteiger partial charge in [0.25, 0.3) is 14.4 Å². The summed E-state index contributed by atoms with van der Waals surface area (Å²) in [6, 6.07) is 10.8. The van der Waals surface area contributed by atoms with Crippen LogP contribution in [0, 0.1) is 18.3 Å². The van der Waals surface area contributed by atoms with Gasteiger partial charge in [-0.15, -0.1) is 0 Å². The maximum Gasteiger partial charge on any atom is 0.351 e. The van der Waals surface area contributed by atoms with Crippen LogP contribution in [0.5, 0.6) is 0 Å². The molecule has 1 aromatic heterocycles. The predicted molar refractivity (Wildman–Crippen MR) is 167 cm³/mol. The third-order valence-electron chi connectivity index (χ3n) is 6.43. The molecule has 0 bridgehead atoms. The van der Waals surface area contributed by atoms with E-state index in [9.17, 15) is 9.59 Å². The van der Waals surface area contributed by atoms with Gasteiger partial charge in [-0.25, -0.2) is 9.46 Å². The summed E-state index contributed by atoms with van der Waals surface area (Å²) in [5, 5.41) is 15.3. The van der Waals surface area contributed by atoms with Crippen molar-refractivity contribution in [2.24, 2.45) is 0 Å². The first-order valence-corrected chi connectivity index (χ1v) is 15.4. The number of methoxy groups -OCH3 is 1. The minimum Gasteiger partial charge on any atom is -0.400 e. The Balaban J connectivity index is 0.00000236. The molecule has 244 valence electrons. The number of benzene rings is 1. The number of aliphatic hydroxyl groups excluding tert-OH is 1. The minimum atomic E-state index is -1.69. The van der Waals surface area contributed by atoms with Crippen LogP contribution in [-0.4, -0.2) is 91.1 Å². The molecule has 2 N–H and O–H groups in total. The number of carbonyl (C=O) groups excluding carboxylic acids is 1. The third-order valence-corrected chi connectivity index (χ3v) is 8.56. The quantitative estimate of drug-likeness (QED) is 0.214. The van der Waals surface area contributed by atoms with Crippen molar-refractivity contribution in [2.45, 2.75) is 84.6 Å². The Morgan fingerprint density at radius 1 is 1.27 bits per heavy atom. The molecule has 1 aromatic carbocycles. The fourth-order valence-corrected chi connectivity index (χ4v) is 6.32. The van der Waals surface area contributed by atoms with Crippen molar-refractivity contribution in [3.63, 3.8) is 0 Å². The van der Waals surface area contributed by atoms with Crippen LogP contribution in [0.25, 0.3) is 0 Å². The van der Waals surface area contributed by atoms with E-state index >= 15 is 0 Å². The fourth-order valence-electron chi connectivity index (χ4n) is 4.55. The van der Waals surface area contributed by atoms with E-state index in [2.05, 4.69) is 26.1 Å². The Morgan fingerprint density at radius 3 is 2.55 bits per heavy atom. The van der Waals surface area contributed by atoms with E-state index in [0.717, 1.165) is 0 Å². The molecular weight excluding hydrogens is 589 g/mol. The number of aryl methyl sites for hydroxylation is 1. The highest BCUT2D eigenvalue weighted by atomic mass is 31.2. The molecule has 14 heteroatoms. The Bertz CT molecular complexity index is 1290.